The molecule has 0 amide bonds. The highest BCUT2D eigenvalue weighted by atomic mass is 35.5. The smallest absolute Gasteiger partial charge is 0.143 e. The number of nitrogen functional groups attached to an aromatic ring is 1. The molecule has 0 aliphatic rings. The molecular formula is C9H8ClNOS. The number of benzene rings is 1. The third-order valence-corrected chi connectivity index (χ3v) is 3.13. The molecule has 2 aromatic rings. The molecule has 0 saturated carbocycles. The van der Waals surface area contributed by atoms with Crippen molar-refractivity contribution < 1.29 is 5.11 Å². The van der Waals surface area contributed by atoms with Gasteiger partial charge >= 0.3 is 0 Å². The van der Waals surface area contributed by atoms with Gasteiger partial charge in [0.2, 0.25) is 0 Å². The van der Waals surface area contributed by atoms with Crippen molar-refractivity contribution in [2.45, 2.75) is 5.88 Å². The fraction of sp³-hybridized carbons (Fsp3) is 0.111. The van der Waals surface area contributed by atoms with E-state index in [2.05, 4.69) is 0 Å². The summed E-state index contributed by atoms with van der Waals surface area (Å²) in [6.07, 6.45) is 0. The minimum absolute atomic E-state index is 0.112. The van der Waals surface area contributed by atoms with Crippen molar-refractivity contribution in [2.75, 3.05) is 5.73 Å². The van der Waals surface area contributed by atoms with Crippen LogP contribution in [-0.2, 0) is 5.88 Å². The van der Waals surface area contributed by atoms with E-state index in [9.17, 15) is 5.11 Å². The second-order valence-corrected chi connectivity index (χ2v) is 3.97. The van der Waals surface area contributed by atoms with Crippen LogP contribution in [0.15, 0.2) is 17.5 Å². The molecule has 2 nitrogen and oxygen atoms in total. The van der Waals surface area contributed by atoms with E-state index >= 15 is 0 Å². The van der Waals surface area contributed by atoms with Crippen LogP contribution < -0.4 is 5.73 Å². The Morgan fingerprint density at radius 3 is 3.00 bits per heavy atom. The molecule has 0 saturated heterocycles. The zero-order chi connectivity index (χ0) is 9.42. The number of hydrogen-bond donors (Lipinski definition) is 2. The van der Waals surface area contributed by atoms with Crippen LogP contribution in [-0.4, -0.2) is 5.11 Å². The van der Waals surface area contributed by atoms with Crippen molar-refractivity contribution in [1.29, 1.82) is 0 Å². The normalized spacial score (nSPS) is 10.8. The van der Waals surface area contributed by atoms with E-state index in [1.807, 2.05) is 11.4 Å². The maximum absolute atomic E-state index is 9.61. The van der Waals surface area contributed by atoms with Crippen LogP contribution in [0.25, 0.3) is 10.1 Å². The van der Waals surface area contributed by atoms with E-state index in [4.69, 9.17) is 17.3 Å². The molecule has 0 aliphatic heterocycles. The van der Waals surface area contributed by atoms with E-state index in [-0.39, 0.29) is 11.6 Å². The van der Waals surface area contributed by atoms with Gasteiger partial charge in [0.15, 0.2) is 0 Å². The SMILES string of the molecule is Nc1cc2sccc2c(CCl)c1O. The minimum Gasteiger partial charge on any atom is -0.505 e. The van der Waals surface area contributed by atoms with Crippen molar-refractivity contribution in [3.8, 4) is 5.75 Å². The number of anilines is 1. The number of aromatic hydroxyl groups is 1. The molecule has 3 N–H and O–H groups in total. The Kier molecular flexibility index (Phi) is 2.06. The molecule has 1 aromatic heterocycles. The van der Waals surface area contributed by atoms with Gasteiger partial charge in [0, 0.05) is 15.6 Å². The average molecular weight is 214 g/mol. The topological polar surface area (TPSA) is 46.2 Å². The molecule has 0 aliphatic carbocycles. The molecule has 68 valence electrons. The van der Waals surface area contributed by atoms with Gasteiger partial charge in [-0.15, -0.1) is 22.9 Å². The van der Waals surface area contributed by atoms with Crippen LogP contribution in [0.2, 0.25) is 0 Å². The van der Waals surface area contributed by atoms with Crippen LogP contribution in [0.1, 0.15) is 5.56 Å². The Labute approximate surface area is 84.6 Å². The average Bonchev–Trinajstić information content (AvgIpc) is 2.54. The van der Waals surface area contributed by atoms with E-state index in [1.54, 1.807) is 17.4 Å². The third kappa shape index (κ3) is 1.24. The lowest BCUT2D eigenvalue weighted by atomic mass is 10.1. The summed E-state index contributed by atoms with van der Waals surface area (Å²) >= 11 is 7.32. The molecule has 0 unspecified atom stereocenters. The largest absolute Gasteiger partial charge is 0.505 e. The van der Waals surface area contributed by atoms with Gasteiger partial charge in [-0.2, -0.15) is 0 Å². The maximum Gasteiger partial charge on any atom is 0.143 e. The number of thiophene rings is 1. The summed E-state index contributed by atoms with van der Waals surface area (Å²) in [4.78, 5) is 0. The number of fused-ring (bicyclic) bond motifs is 1. The molecule has 0 bridgehead atoms. The number of phenols is 1. The van der Waals surface area contributed by atoms with E-state index in [0.717, 1.165) is 15.6 Å². The lowest BCUT2D eigenvalue weighted by Crippen LogP contribution is -1.89. The van der Waals surface area contributed by atoms with Gasteiger partial charge in [-0.1, -0.05) is 0 Å². The first kappa shape index (κ1) is 8.66. The highest BCUT2D eigenvalue weighted by Crippen LogP contribution is 2.36. The van der Waals surface area contributed by atoms with E-state index in [1.165, 1.54) is 0 Å². The molecular weight excluding hydrogens is 206 g/mol. The summed E-state index contributed by atoms with van der Waals surface area (Å²) in [5, 5.41) is 12.6. The Bertz CT molecular complexity index is 452. The van der Waals surface area contributed by atoms with Crippen LogP contribution in [0.4, 0.5) is 5.69 Å². The van der Waals surface area contributed by atoms with Gasteiger partial charge in [0.1, 0.15) is 5.75 Å². The first-order valence-electron chi connectivity index (χ1n) is 3.77. The number of phenolic OH excluding ortho intramolecular Hbond substituents is 1. The first-order valence-corrected chi connectivity index (χ1v) is 5.19. The molecule has 1 heterocycles. The lowest BCUT2D eigenvalue weighted by molar-refractivity contribution is 0.474. The zero-order valence-corrected chi connectivity index (χ0v) is 8.32. The summed E-state index contributed by atoms with van der Waals surface area (Å²) in [5.41, 5.74) is 6.73. The second-order valence-electron chi connectivity index (χ2n) is 2.76. The molecule has 13 heavy (non-hydrogen) atoms. The summed E-state index contributed by atoms with van der Waals surface area (Å²) in [6, 6.07) is 3.71. The maximum atomic E-state index is 9.61. The number of alkyl halides is 1. The fourth-order valence-corrected chi connectivity index (χ4v) is 2.46. The molecule has 4 heteroatoms. The van der Waals surface area contributed by atoms with Crippen molar-refractivity contribution in [3.63, 3.8) is 0 Å². The first-order chi connectivity index (χ1) is 6.24. The number of rotatable bonds is 1. The quantitative estimate of drug-likeness (QED) is 0.435. The Morgan fingerprint density at radius 2 is 2.31 bits per heavy atom. The standard InChI is InChI=1S/C9H8ClNOS/c10-4-6-5-1-2-13-8(5)3-7(11)9(6)12/h1-3,12H,4,11H2. The number of halogens is 1. The van der Waals surface area contributed by atoms with Crippen molar-refractivity contribution in [1.82, 2.24) is 0 Å². The molecule has 0 atom stereocenters. The highest BCUT2D eigenvalue weighted by molar-refractivity contribution is 7.17. The number of hydrogen-bond acceptors (Lipinski definition) is 3. The predicted molar refractivity (Wildman–Crippen MR) is 57.5 cm³/mol. The molecule has 1 aromatic carbocycles. The van der Waals surface area contributed by atoms with Gasteiger partial charge in [-0.05, 0) is 17.5 Å². The summed E-state index contributed by atoms with van der Waals surface area (Å²) in [6.45, 7) is 0. The fourth-order valence-electron chi connectivity index (χ4n) is 1.33. The van der Waals surface area contributed by atoms with Crippen molar-refractivity contribution in [2.24, 2.45) is 0 Å². The Hall–Kier alpha value is -0.930. The number of nitrogens with two attached hydrogens (primary N) is 1. The van der Waals surface area contributed by atoms with Crippen LogP contribution >= 0.6 is 22.9 Å². The Morgan fingerprint density at radius 1 is 1.54 bits per heavy atom. The second kappa shape index (κ2) is 3.09. The van der Waals surface area contributed by atoms with Gasteiger partial charge in [-0.25, -0.2) is 0 Å². The zero-order valence-electron chi connectivity index (χ0n) is 6.75. The molecule has 0 fully saturated rings. The summed E-state index contributed by atoms with van der Waals surface area (Å²) in [5.74, 6) is 0.394. The van der Waals surface area contributed by atoms with E-state index < -0.39 is 0 Å². The van der Waals surface area contributed by atoms with Gasteiger partial charge in [-0.3, -0.25) is 0 Å². The monoisotopic (exact) mass is 213 g/mol. The molecule has 2 rings (SSSR count). The van der Waals surface area contributed by atoms with E-state index in [0.29, 0.717) is 5.69 Å². The Balaban J connectivity index is 2.87. The molecule has 0 spiro atoms. The lowest BCUT2D eigenvalue weighted by Gasteiger charge is -2.05. The third-order valence-electron chi connectivity index (χ3n) is 2.00. The summed E-state index contributed by atoms with van der Waals surface area (Å²) in [7, 11) is 0. The molecule has 0 radical (unpaired) electrons. The van der Waals surface area contributed by atoms with Crippen LogP contribution in [0.5, 0.6) is 5.75 Å². The predicted octanol–water partition coefficient (Wildman–Crippen LogP) is 2.93. The van der Waals surface area contributed by atoms with Crippen LogP contribution in [0.3, 0.4) is 0 Å². The van der Waals surface area contributed by atoms with Crippen molar-refractivity contribution in [3.05, 3.63) is 23.1 Å². The minimum atomic E-state index is 0.112. The van der Waals surface area contributed by atoms with Crippen molar-refractivity contribution >= 4 is 38.7 Å². The highest BCUT2D eigenvalue weighted by Gasteiger charge is 2.10. The summed E-state index contributed by atoms with van der Waals surface area (Å²) < 4.78 is 1.06. The van der Waals surface area contributed by atoms with Crippen LogP contribution in [0, 0.1) is 0 Å². The van der Waals surface area contributed by atoms with Gasteiger partial charge < -0.3 is 10.8 Å². The van der Waals surface area contributed by atoms with Gasteiger partial charge in [0.25, 0.3) is 0 Å². The van der Waals surface area contributed by atoms with Gasteiger partial charge in [0.05, 0.1) is 11.6 Å².